The quantitative estimate of drug-likeness (QED) is 0.555. The summed E-state index contributed by atoms with van der Waals surface area (Å²) < 4.78 is 17.5. The average molecular weight is 420 g/mol. The number of ether oxygens (including phenoxy) is 3. The van der Waals surface area contributed by atoms with E-state index in [1.165, 1.54) is 4.88 Å². The minimum absolute atomic E-state index is 0.114. The highest BCUT2D eigenvalue weighted by Crippen LogP contribution is 2.43. The van der Waals surface area contributed by atoms with Gasteiger partial charge in [0.15, 0.2) is 5.76 Å². The number of ketones is 1. The van der Waals surface area contributed by atoms with Crippen molar-refractivity contribution >= 4 is 23.2 Å². The second kappa shape index (κ2) is 7.63. The number of nitrogens with zero attached hydrogens (tertiary/aromatic N) is 1. The number of benzene rings is 2. The van der Waals surface area contributed by atoms with Crippen molar-refractivity contribution in [2.45, 2.75) is 20.0 Å². The minimum Gasteiger partial charge on any atom is -0.496 e. The lowest BCUT2D eigenvalue weighted by Crippen LogP contribution is -2.31. The van der Waals surface area contributed by atoms with Crippen molar-refractivity contribution in [3.63, 3.8) is 0 Å². The largest absolute Gasteiger partial charge is 0.496 e. The van der Waals surface area contributed by atoms with E-state index in [-0.39, 0.29) is 5.78 Å². The molecule has 2 aliphatic rings. The summed E-state index contributed by atoms with van der Waals surface area (Å²) in [6.45, 7) is 4.03. The third-order valence-corrected chi connectivity index (χ3v) is 6.25. The van der Waals surface area contributed by atoms with Gasteiger partial charge < -0.3 is 14.2 Å². The van der Waals surface area contributed by atoms with Crippen LogP contribution >= 0.6 is 11.3 Å². The van der Waals surface area contributed by atoms with Crippen molar-refractivity contribution in [1.82, 2.24) is 4.90 Å². The van der Waals surface area contributed by atoms with E-state index in [1.54, 1.807) is 24.5 Å². The lowest BCUT2D eigenvalue weighted by Gasteiger charge is -2.30. The molecule has 0 radical (unpaired) electrons. The predicted octanol–water partition coefficient (Wildman–Crippen LogP) is 5.03. The van der Waals surface area contributed by atoms with Gasteiger partial charge in [0.25, 0.3) is 0 Å². The van der Waals surface area contributed by atoms with Crippen LogP contribution in [0.2, 0.25) is 0 Å². The molecule has 0 bridgehead atoms. The van der Waals surface area contributed by atoms with Gasteiger partial charge in [-0.3, -0.25) is 9.69 Å². The van der Waals surface area contributed by atoms with Gasteiger partial charge >= 0.3 is 0 Å². The van der Waals surface area contributed by atoms with Gasteiger partial charge in [0.05, 0.1) is 12.7 Å². The fourth-order valence-electron chi connectivity index (χ4n) is 3.95. The molecule has 3 heterocycles. The van der Waals surface area contributed by atoms with Crippen LogP contribution in [0.5, 0.6) is 17.2 Å². The van der Waals surface area contributed by atoms with Crippen LogP contribution in [0.1, 0.15) is 31.9 Å². The molecular weight excluding hydrogens is 398 g/mol. The van der Waals surface area contributed by atoms with Crippen LogP contribution in [0.15, 0.2) is 53.6 Å². The van der Waals surface area contributed by atoms with Crippen LogP contribution < -0.4 is 14.2 Å². The van der Waals surface area contributed by atoms with E-state index in [1.807, 2.05) is 37.3 Å². The van der Waals surface area contributed by atoms with E-state index >= 15 is 0 Å². The van der Waals surface area contributed by atoms with E-state index in [2.05, 4.69) is 22.4 Å². The first-order valence-electron chi connectivity index (χ1n) is 9.75. The molecule has 0 N–H and O–H groups in total. The summed E-state index contributed by atoms with van der Waals surface area (Å²) in [5.41, 5.74) is 3.28. The van der Waals surface area contributed by atoms with Crippen LogP contribution in [0, 0.1) is 6.92 Å². The molecule has 0 unspecified atom stereocenters. The Morgan fingerprint density at radius 2 is 2.07 bits per heavy atom. The normalized spacial score (nSPS) is 16.7. The van der Waals surface area contributed by atoms with Gasteiger partial charge in [-0.2, -0.15) is 0 Å². The zero-order valence-corrected chi connectivity index (χ0v) is 17.6. The Labute approximate surface area is 179 Å². The van der Waals surface area contributed by atoms with Crippen LogP contribution in [0.3, 0.4) is 0 Å². The highest BCUT2D eigenvalue weighted by atomic mass is 32.1. The predicted molar refractivity (Wildman–Crippen MR) is 116 cm³/mol. The summed E-state index contributed by atoms with van der Waals surface area (Å²) in [6, 6.07) is 13.7. The van der Waals surface area contributed by atoms with Gasteiger partial charge in [-0.15, -0.1) is 11.3 Å². The van der Waals surface area contributed by atoms with Crippen molar-refractivity contribution < 1.29 is 19.0 Å². The maximum Gasteiger partial charge on any atom is 0.231 e. The Morgan fingerprint density at radius 3 is 2.87 bits per heavy atom. The first-order chi connectivity index (χ1) is 14.6. The Balaban J connectivity index is 1.46. The molecule has 0 fully saturated rings. The standard InChI is InChI=1S/C24H21NO4S/c1-15-23-17(12-25(14-28-23)13-18-7-5-9-30-18)10-19-22(26)21(29-24(15)19)11-16-6-3-4-8-20(16)27-2/h3-11H,12-14H2,1-2H3/b21-11-. The molecular formula is C24H21NO4S. The summed E-state index contributed by atoms with van der Waals surface area (Å²) in [4.78, 5) is 16.6. The Hall–Kier alpha value is -3.09. The second-order valence-electron chi connectivity index (χ2n) is 7.39. The van der Waals surface area contributed by atoms with Gasteiger partial charge in [-0.25, -0.2) is 0 Å². The van der Waals surface area contributed by atoms with Crippen molar-refractivity contribution in [2.75, 3.05) is 13.8 Å². The monoisotopic (exact) mass is 419 g/mol. The molecule has 0 amide bonds. The number of rotatable bonds is 4. The number of hydrogen-bond acceptors (Lipinski definition) is 6. The molecule has 0 aliphatic carbocycles. The number of methoxy groups -OCH3 is 1. The molecule has 5 rings (SSSR count). The van der Waals surface area contributed by atoms with Crippen LogP contribution in [-0.4, -0.2) is 24.5 Å². The summed E-state index contributed by atoms with van der Waals surface area (Å²) in [7, 11) is 1.61. The SMILES string of the molecule is COc1ccccc1/C=C1\Oc2c(cc3c(c2C)OCN(Cc2cccs2)C3)C1=O. The molecule has 152 valence electrons. The lowest BCUT2D eigenvalue weighted by atomic mass is 10.00. The number of thiophene rings is 1. The van der Waals surface area contributed by atoms with Gasteiger partial charge in [0, 0.05) is 34.7 Å². The molecule has 2 aromatic carbocycles. The zero-order chi connectivity index (χ0) is 20.7. The van der Waals surface area contributed by atoms with Crippen molar-refractivity contribution in [1.29, 1.82) is 0 Å². The molecule has 1 aromatic heterocycles. The van der Waals surface area contributed by atoms with Gasteiger partial charge in [-0.05, 0) is 36.6 Å². The van der Waals surface area contributed by atoms with E-state index in [0.29, 0.717) is 29.6 Å². The fourth-order valence-corrected chi connectivity index (χ4v) is 4.69. The Bertz CT molecular complexity index is 1150. The van der Waals surface area contributed by atoms with E-state index in [0.717, 1.165) is 35.5 Å². The van der Waals surface area contributed by atoms with Crippen LogP contribution in [0.25, 0.3) is 6.08 Å². The highest BCUT2D eigenvalue weighted by molar-refractivity contribution is 7.09. The maximum absolute atomic E-state index is 13.1. The Kier molecular flexibility index (Phi) is 4.81. The summed E-state index contributed by atoms with van der Waals surface area (Å²) >= 11 is 1.74. The molecule has 3 aromatic rings. The third kappa shape index (κ3) is 3.28. The lowest BCUT2D eigenvalue weighted by molar-refractivity contribution is 0.0886. The Morgan fingerprint density at radius 1 is 1.20 bits per heavy atom. The summed E-state index contributed by atoms with van der Waals surface area (Å²) in [5.74, 6) is 2.29. The smallest absolute Gasteiger partial charge is 0.231 e. The number of carbonyl (C=O) groups is 1. The number of carbonyl (C=O) groups excluding carboxylic acids is 1. The average Bonchev–Trinajstić information content (AvgIpc) is 3.37. The molecule has 6 heteroatoms. The molecule has 0 saturated heterocycles. The molecule has 0 atom stereocenters. The highest BCUT2D eigenvalue weighted by Gasteiger charge is 2.33. The first-order valence-corrected chi connectivity index (χ1v) is 10.6. The molecule has 30 heavy (non-hydrogen) atoms. The number of allylic oxidation sites excluding steroid dienone is 1. The topological polar surface area (TPSA) is 48.0 Å². The summed E-state index contributed by atoms with van der Waals surface area (Å²) in [6.07, 6.45) is 1.74. The van der Waals surface area contributed by atoms with Gasteiger partial charge in [0.2, 0.25) is 5.78 Å². The van der Waals surface area contributed by atoms with Crippen molar-refractivity contribution in [3.05, 3.63) is 80.7 Å². The van der Waals surface area contributed by atoms with E-state index in [4.69, 9.17) is 14.2 Å². The van der Waals surface area contributed by atoms with Crippen LogP contribution in [0.4, 0.5) is 0 Å². The summed E-state index contributed by atoms with van der Waals surface area (Å²) in [5, 5.41) is 2.08. The van der Waals surface area contributed by atoms with Gasteiger partial charge in [-0.1, -0.05) is 24.3 Å². The fraction of sp³-hybridized carbons (Fsp3) is 0.208. The second-order valence-corrected chi connectivity index (χ2v) is 8.42. The molecule has 5 nitrogen and oxygen atoms in total. The molecule has 0 spiro atoms. The number of para-hydroxylation sites is 1. The van der Waals surface area contributed by atoms with Crippen molar-refractivity contribution in [2.24, 2.45) is 0 Å². The maximum atomic E-state index is 13.1. The number of hydrogen-bond donors (Lipinski definition) is 0. The van der Waals surface area contributed by atoms with Crippen molar-refractivity contribution in [3.8, 4) is 17.2 Å². The number of fused-ring (bicyclic) bond motifs is 2. The minimum atomic E-state index is -0.114. The number of Topliss-reactive ketones (excluding diaryl/α,β-unsaturated/α-hetero) is 1. The third-order valence-electron chi connectivity index (χ3n) is 5.39. The molecule has 2 aliphatic heterocycles. The zero-order valence-electron chi connectivity index (χ0n) is 16.8. The van der Waals surface area contributed by atoms with Gasteiger partial charge in [0.1, 0.15) is 24.0 Å². The van der Waals surface area contributed by atoms with E-state index < -0.39 is 0 Å². The van der Waals surface area contributed by atoms with E-state index in [9.17, 15) is 4.79 Å². The molecule has 0 saturated carbocycles. The van der Waals surface area contributed by atoms with Crippen LogP contribution in [-0.2, 0) is 13.1 Å². The first kappa shape index (κ1) is 18.9.